The number of aromatic nitrogens is 3. The lowest BCUT2D eigenvalue weighted by Gasteiger charge is -2.06. The zero-order valence-electron chi connectivity index (χ0n) is 13.7. The number of carbonyl (C=O) groups excluding carboxylic acids is 1. The molecule has 0 bridgehead atoms. The highest BCUT2D eigenvalue weighted by molar-refractivity contribution is 7.99. The maximum absolute atomic E-state index is 12.3. The highest BCUT2D eigenvalue weighted by Gasteiger charge is 2.10. The van der Waals surface area contributed by atoms with Crippen LogP contribution in [0.4, 0.5) is 0 Å². The van der Waals surface area contributed by atoms with E-state index in [1.54, 1.807) is 11.0 Å². The smallest absolute Gasteiger partial charge is 0.209 e. The molecule has 0 atom stereocenters. The van der Waals surface area contributed by atoms with Crippen LogP contribution in [0.15, 0.2) is 66.1 Å². The summed E-state index contributed by atoms with van der Waals surface area (Å²) in [6.07, 6.45) is 1.67. The van der Waals surface area contributed by atoms with Crippen LogP contribution in [-0.4, -0.2) is 26.3 Å². The second kappa shape index (κ2) is 7.45. The van der Waals surface area contributed by atoms with Crippen molar-refractivity contribution in [3.05, 3.63) is 72.1 Å². The molecule has 0 amide bonds. The van der Waals surface area contributed by atoms with Crippen molar-refractivity contribution in [1.29, 1.82) is 0 Å². The second-order valence-corrected chi connectivity index (χ2v) is 6.74. The van der Waals surface area contributed by atoms with Crippen LogP contribution < -0.4 is 0 Å². The molecule has 0 N–H and O–H groups in total. The molecule has 0 saturated carbocycles. The van der Waals surface area contributed by atoms with E-state index >= 15 is 0 Å². The monoisotopic (exact) mass is 337 g/mol. The standard InChI is InChI=1S/C19H19N3OS/c1-14(2)15-8-10-16(11-9-15)18(23)12-24-19-20-13-22(21-19)17-6-4-3-5-7-17/h3-11,13-14H,12H2,1-2H3. The van der Waals surface area contributed by atoms with Crippen LogP contribution in [0.5, 0.6) is 0 Å². The lowest BCUT2D eigenvalue weighted by atomic mass is 10.0. The summed E-state index contributed by atoms with van der Waals surface area (Å²) < 4.78 is 1.71. The van der Waals surface area contributed by atoms with Crippen molar-refractivity contribution in [3.8, 4) is 5.69 Å². The average molecular weight is 337 g/mol. The van der Waals surface area contributed by atoms with Gasteiger partial charge in [0.2, 0.25) is 5.16 Å². The first-order valence-corrected chi connectivity index (χ1v) is 8.85. The average Bonchev–Trinajstić information content (AvgIpc) is 3.09. The highest BCUT2D eigenvalue weighted by atomic mass is 32.2. The Morgan fingerprint density at radius 2 is 1.79 bits per heavy atom. The minimum Gasteiger partial charge on any atom is -0.293 e. The van der Waals surface area contributed by atoms with Crippen LogP contribution in [0.25, 0.3) is 5.69 Å². The summed E-state index contributed by atoms with van der Waals surface area (Å²) in [6.45, 7) is 4.28. The fourth-order valence-electron chi connectivity index (χ4n) is 2.29. The fourth-order valence-corrected chi connectivity index (χ4v) is 2.98. The number of carbonyl (C=O) groups is 1. The first-order valence-electron chi connectivity index (χ1n) is 7.86. The van der Waals surface area contributed by atoms with Crippen LogP contribution in [-0.2, 0) is 0 Å². The predicted molar refractivity (Wildman–Crippen MR) is 96.9 cm³/mol. The van der Waals surface area contributed by atoms with Crippen LogP contribution in [0, 0.1) is 0 Å². The molecule has 0 unspecified atom stereocenters. The normalized spacial score (nSPS) is 11.0. The van der Waals surface area contributed by atoms with E-state index in [1.807, 2.05) is 54.6 Å². The molecule has 0 fully saturated rings. The van der Waals surface area contributed by atoms with Gasteiger partial charge >= 0.3 is 0 Å². The third kappa shape index (κ3) is 3.92. The van der Waals surface area contributed by atoms with Crippen molar-refractivity contribution >= 4 is 17.5 Å². The number of hydrogen-bond donors (Lipinski definition) is 0. The van der Waals surface area contributed by atoms with Crippen LogP contribution in [0.3, 0.4) is 0 Å². The number of benzene rings is 2. The molecule has 2 aromatic carbocycles. The summed E-state index contributed by atoms with van der Waals surface area (Å²) in [5.74, 6) is 0.890. The van der Waals surface area contributed by atoms with Gasteiger partial charge in [0, 0.05) is 5.56 Å². The largest absolute Gasteiger partial charge is 0.293 e. The molecule has 24 heavy (non-hydrogen) atoms. The molecule has 5 heteroatoms. The maximum Gasteiger partial charge on any atom is 0.209 e. The molecule has 0 spiro atoms. The molecule has 0 aliphatic carbocycles. The second-order valence-electron chi connectivity index (χ2n) is 5.80. The highest BCUT2D eigenvalue weighted by Crippen LogP contribution is 2.18. The fraction of sp³-hybridized carbons (Fsp3) is 0.211. The Bertz CT molecular complexity index is 810. The quantitative estimate of drug-likeness (QED) is 0.495. The first-order chi connectivity index (χ1) is 11.6. The Hall–Kier alpha value is -2.40. The summed E-state index contributed by atoms with van der Waals surface area (Å²) in [5, 5.41) is 5.00. The minimum absolute atomic E-state index is 0.0892. The van der Waals surface area contributed by atoms with E-state index in [9.17, 15) is 4.79 Å². The van der Waals surface area contributed by atoms with Gasteiger partial charge in [-0.15, -0.1) is 5.10 Å². The molecule has 122 valence electrons. The van der Waals surface area contributed by atoms with E-state index in [2.05, 4.69) is 23.9 Å². The summed E-state index contributed by atoms with van der Waals surface area (Å²) in [4.78, 5) is 16.6. The first kappa shape index (κ1) is 16.5. The lowest BCUT2D eigenvalue weighted by molar-refractivity contribution is 0.102. The number of Topliss-reactive ketones (excluding diaryl/α,β-unsaturated/α-hetero) is 1. The van der Waals surface area contributed by atoms with Crippen LogP contribution in [0.1, 0.15) is 35.7 Å². The zero-order chi connectivity index (χ0) is 16.9. The predicted octanol–water partition coefficient (Wildman–Crippen LogP) is 4.37. The topological polar surface area (TPSA) is 47.8 Å². The zero-order valence-corrected chi connectivity index (χ0v) is 14.5. The number of hydrogen-bond acceptors (Lipinski definition) is 4. The lowest BCUT2D eigenvalue weighted by Crippen LogP contribution is -2.03. The molecular formula is C19H19N3OS. The van der Waals surface area contributed by atoms with E-state index in [4.69, 9.17) is 0 Å². The van der Waals surface area contributed by atoms with E-state index in [0.29, 0.717) is 16.8 Å². The molecule has 1 heterocycles. The van der Waals surface area contributed by atoms with Crippen molar-refractivity contribution in [1.82, 2.24) is 14.8 Å². The molecule has 0 saturated heterocycles. The molecule has 4 nitrogen and oxygen atoms in total. The van der Waals surface area contributed by atoms with Gasteiger partial charge in [-0.1, -0.05) is 68.1 Å². The van der Waals surface area contributed by atoms with Gasteiger partial charge in [-0.3, -0.25) is 4.79 Å². The van der Waals surface area contributed by atoms with Gasteiger partial charge in [-0.25, -0.2) is 9.67 Å². The molecule has 3 aromatic rings. The summed E-state index contributed by atoms with van der Waals surface area (Å²) in [7, 11) is 0. The number of nitrogens with zero attached hydrogens (tertiary/aromatic N) is 3. The van der Waals surface area contributed by atoms with E-state index in [0.717, 1.165) is 11.3 Å². The van der Waals surface area contributed by atoms with Gasteiger partial charge in [0.15, 0.2) is 5.78 Å². The molecule has 0 radical (unpaired) electrons. The Morgan fingerprint density at radius 1 is 1.08 bits per heavy atom. The number of para-hydroxylation sites is 1. The SMILES string of the molecule is CC(C)c1ccc(C(=O)CSc2ncn(-c3ccccc3)n2)cc1. The summed E-state index contributed by atoms with van der Waals surface area (Å²) >= 11 is 1.36. The Kier molecular flexibility index (Phi) is 5.11. The van der Waals surface area contributed by atoms with Crippen LogP contribution in [0.2, 0.25) is 0 Å². The van der Waals surface area contributed by atoms with Crippen LogP contribution >= 0.6 is 11.8 Å². The minimum atomic E-state index is 0.0892. The van der Waals surface area contributed by atoms with Gasteiger partial charge in [-0.05, 0) is 23.6 Å². The van der Waals surface area contributed by atoms with Gasteiger partial charge in [-0.2, -0.15) is 0 Å². The van der Waals surface area contributed by atoms with E-state index < -0.39 is 0 Å². The number of thioether (sulfide) groups is 1. The third-order valence-corrected chi connectivity index (χ3v) is 4.58. The van der Waals surface area contributed by atoms with Gasteiger partial charge in [0.25, 0.3) is 0 Å². The van der Waals surface area contributed by atoms with E-state index in [-0.39, 0.29) is 5.78 Å². The number of ketones is 1. The number of rotatable bonds is 6. The van der Waals surface area contributed by atoms with Crippen molar-refractivity contribution in [3.63, 3.8) is 0 Å². The summed E-state index contributed by atoms with van der Waals surface area (Å²) in [5.41, 5.74) is 2.92. The Morgan fingerprint density at radius 3 is 2.46 bits per heavy atom. The Balaban J connectivity index is 1.61. The summed E-state index contributed by atoms with van der Waals surface area (Å²) in [6, 6.07) is 17.6. The molecule has 3 rings (SSSR count). The van der Waals surface area contributed by atoms with Crippen molar-refractivity contribution in [2.24, 2.45) is 0 Å². The van der Waals surface area contributed by atoms with E-state index in [1.165, 1.54) is 17.3 Å². The van der Waals surface area contributed by atoms with Gasteiger partial charge < -0.3 is 0 Å². The van der Waals surface area contributed by atoms with Crippen molar-refractivity contribution in [2.75, 3.05) is 5.75 Å². The van der Waals surface area contributed by atoms with Gasteiger partial charge in [0.1, 0.15) is 6.33 Å². The van der Waals surface area contributed by atoms with Crippen molar-refractivity contribution < 1.29 is 4.79 Å². The molecule has 0 aliphatic rings. The molecular weight excluding hydrogens is 318 g/mol. The maximum atomic E-state index is 12.3. The van der Waals surface area contributed by atoms with Gasteiger partial charge in [0.05, 0.1) is 11.4 Å². The van der Waals surface area contributed by atoms with Crippen molar-refractivity contribution in [2.45, 2.75) is 24.9 Å². The third-order valence-electron chi connectivity index (χ3n) is 3.72. The molecule has 0 aliphatic heterocycles. The molecule has 1 aromatic heterocycles. The Labute approximate surface area is 145 Å².